The molecule has 0 spiro atoms. The molecule has 0 heterocycles. The van der Waals surface area contributed by atoms with E-state index in [0.717, 1.165) is 25.7 Å². The Morgan fingerprint density at radius 3 is 2.75 bits per heavy atom. The average molecular weight is 328 g/mol. The first-order valence-electron chi connectivity index (χ1n) is 8.39. The van der Waals surface area contributed by atoms with E-state index in [9.17, 15) is 9.59 Å². The fourth-order valence-corrected chi connectivity index (χ4v) is 2.74. The van der Waals surface area contributed by atoms with Crippen molar-refractivity contribution in [3.05, 3.63) is 24.3 Å². The van der Waals surface area contributed by atoms with Crippen molar-refractivity contribution < 1.29 is 14.3 Å². The van der Waals surface area contributed by atoms with Gasteiger partial charge >= 0.3 is 0 Å². The number of nitrogens with one attached hydrogen (secondary N) is 2. The molecule has 5 heteroatoms. The molecule has 1 aliphatic carbocycles. The lowest BCUT2D eigenvalue weighted by atomic mass is 9.89. The van der Waals surface area contributed by atoms with Crippen LogP contribution in [0.5, 0.6) is 5.75 Å². The maximum atomic E-state index is 11.9. The van der Waals surface area contributed by atoms with Crippen molar-refractivity contribution in [2.45, 2.75) is 39.0 Å². The highest BCUT2D eigenvalue weighted by Crippen LogP contribution is 2.23. The third-order valence-corrected chi connectivity index (χ3v) is 3.92. The Hall–Kier alpha value is -2.48. The topological polar surface area (TPSA) is 67.4 Å². The Kier molecular flexibility index (Phi) is 7.16. The molecule has 0 radical (unpaired) electrons. The van der Waals surface area contributed by atoms with Gasteiger partial charge < -0.3 is 15.4 Å². The summed E-state index contributed by atoms with van der Waals surface area (Å²) in [5.74, 6) is 6.57. The molecular formula is C19H24N2O3. The lowest BCUT2D eigenvalue weighted by Crippen LogP contribution is -2.32. The second-order valence-electron chi connectivity index (χ2n) is 5.90. The zero-order valence-corrected chi connectivity index (χ0v) is 14.1. The Morgan fingerprint density at radius 1 is 1.21 bits per heavy atom. The van der Waals surface area contributed by atoms with E-state index in [1.165, 1.54) is 13.3 Å². The van der Waals surface area contributed by atoms with Gasteiger partial charge in [-0.25, -0.2) is 0 Å². The van der Waals surface area contributed by atoms with Gasteiger partial charge in [-0.2, -0.15) is 0 Å². The SMILES string of the molecule is CC(=O)Nc1cccc(OCC#CCNC(=O)C2CCCCC2)c1. The predicted molar refractivity (Wildman–Crippen MR) is 93.6 cm³/mol. The van der Waals surface area contributed by atoms with Gasteiger partial charge in [-0.3, -0.25) is 9.59 Å². The second-order valence-corrected chi connectivity index (χ2v) is 5.90. The van der Waals surface area contributed by atoms with Crippen molar-refractivity contribution in [3.8, 4) is 17.6 Å². The molecule has 1 fully saturated rings. The van der Waals surface area contributed by atoms with E-state index in [0.29, 0.717) is 18.0 Å². The van der Waals surface area contributed by atoms with Gasteiger partial charge in [-0.1, -0.05) is 37.2 Å². The molecule has 2 rings (SSSR count). The van der Waals surface area contributed by atoms with Crippen molar-refractivity contribution in [2.75, 3.05) is 18.5 Å². The molecule has 5 nitrogen and oxygen atoms in total. The Balaban J connectivity index is 1.68. The van der Waals surface area contributed by atoms with Crippen LogP contribution in [0, 0.1) is 17.8 Å². The number of hydrogen-bond acceptors (Lipinski definition) is 3. The van der Waals surface area contributed by atoms with Crippen LogP contribution < -0.4 is 15.4 Å². The smallest absolute Gasteiger partial charge is 0.223 e. The van der Waals surface area contributed by atoms with E-state index in [2.05, 4.69) is 22.5 Å². The number of anilines is 1. The number of hydrogen-bond donors (Lipinski definition) is 2. The lowest BCUT2D eigenvalue weighted by Gasteiger charge is -2.19. The van der Waals surface area contributed by atoms with Crippen molar-refractivity contribution >= 4 is 17.5 Å². The standard InChI is InChI=1S/C19H24N2O3/c1-15(22)21-17-10-7-11-18(14-17)24-13-6-5-12-20-19(23)16-8-3-2-4-9-16/h7,10-11,14,16H,2-4,8-9,12-13H2,1H3,(H,20,23)(H,21,22). The molecule has 1 saturated carbocycles. The van der Waals surface area contributed by atoms with E-state index in [4.69, 9.17) is 4.74 Å². The third kappa shape index (κ3) is 6.33. The summed E-state index contributed by atoms with van der Waals surface area (Å²) in [4.78, 5) is 23.0. The van der Waals surface area contributed by atoms with Crippen molar-refractivity contribution in [3.63, 3.8) is 0 Å². The molecule has 1 aromatic rings. The highest BCUT2D eigenvalue weighted by molar-refractivity contribution is 5.88. The van der Waals surface area contributed by atoms with Crippen LogP contribution in [0.1, 0.15) is 39.0 Å². The van der Waals surface area contributed by atoms with Gasteiger partial charge in [0.2, 0.25) is 11.8 Å². The molecule has 1 aromatic carbocycles. The zero-order chi connectivity index (χ0) is 17.2. The van der Waals surface area contributed by atoms with Crippen molar-refractivity contribution in [2.24, 2.45) is 5.92 Å². The summed E-state index contributed by atoms with van der Waals surface area (Å²) >= 11 is 0. The van der Waals surface area contributed by atoms with Crippen LogP contribution in [0.4, 0.5) is 5.69 Å². The van der Waals surface area contributed by atoms with Gasteiger partial charge in [-0.05, 0) is 25.0 Å². The monoisotopic (exact) mass is 328 g/mol. The van der Waals surface area contributed by atoms with Crippen LogP contribution in [-0.2, 0) is 9.59 Å². The largest absolute Gasteiger partial charge is 0.481 e. The first kappa shape index (κ1) is 17.9. The van der Waals surface area contributed by atoms with Gasteiger partial charge in [0.15, 0.2) is 0 Å². The normalized spacial score (nSPS) is 14.2. The summed E-state index contributed by atoms with van der Waals surface area (Å²) in [5, 5.41) is 5.56. The summed E-state index contributed by atoms with van der Waals surface area (Å²) < 4.78 is 5.51. The van der Waals surface area contributed by atoms with E-state index < -0.39 is 0 Å². The molecule has 0 unspecified atom stereocenters. The molecule has 24 heavy (non-hydrogen) atoms. The van der Waals surface area contributed by atoms with E-state index >= 15 is 0 Å². The zero-order valence-electron chi connectivity index (χ0n) is 14.1. The minimum absolute atomic E-state index is 0.118. The molecule has 1 aliphatic rings. The number of ether oxygens (including phenoxy) is 1. The minimum Gasteiger partial charge on any atom is -0.481 e. The number of rotatable bonds is 5. The highest BCUT2D eigenvalue weighted by atomic mass is 16.5. The fraction of sp³-hybridized carbons (Fsp3) is 0.474. The van der Waals surface area contributed by atoms with Gasteiger partial charge in [0.25, 0.3) is 0 Å². The first-order chi connectivity index (χ1) is 11.6. The Bertz CT molecular complexity index is 625. The fourth-order valence-electron chi connectivity index (χ4n) is 2.74. The lowest BCUT2D eigenvalue weighted by molar-refractivity contribution is -0.125. The highest BCUT2D eigenvalue weighted by Gasteiger charge is 2.19. The molecule has 0 aliphatic heterocycles. The summed E-state index contributed by atoms with van der Waals surface area (Å²) in [5.41, 5.74) is 0.688. The number of benzene rings is 1. The average Bonchev–Trinajstić information content (AvgIpc) is 2.58. The molecule has 2 N–H and O–H groups in total. The van der Waals surface area contributed by atoms with E-state index in [1.807, 2.05) is 0 Å². The predicted octanol–water partition coefficient (Wildman–Crippen LogP) is 2.72. The molecule has 0 atom stereocenters. The third-order valence-electron chi connectivity index (χ3n) is 3.92. The minimum atomic E-state index is -0.124. The van der Waals surface area contributed by atoms with Crippen LogP contribution in [0.25, 0.3) is 0 Å². The molecule has 0 saturated heterocycles. The maximum Gasteiger partial charge on any atom is 0.223 e. The van der Waals surface area contributed by atoms with Gasteiger partial charge in [0.05, 0.1) is 6.54 Å². The molecule has 0 aromatic heterocycles. The van der Waals surface area contributed by atoms with Gasteiger partial charge in [-0.15, -0.1) is 0 Å². The molecule has 2 amide bonds. The van der Waals surface area contributed by atoms with E-state index in [1.54, 1.807) is 24.3 Å². The second kappa shape index (κ2) is 9.61. The molecule has 128 valence electrons. The van der Waals surface area contributed by atoms with Crippen LogP contribution in [0.2, 0.25) is 0 Å². The first-order valence-corrected chi connectivity index (χ1v) is 8.39. The quantitative estimate of drug-likeness (QED) is 0.817. The summed E-state index contributed by atoms with van der Waals surface area (Å²) in [7, 11) is 0. The van der Waals surface area contributed by atoms with Gasteiger partial charge in [0.1, 0.15) is 12.4 Å². The molecular weight excluding hydrogens is 304 g/mol. The maximum absolute atomic E-state index is 11.9. The van der Waals surface area contributed by atoms with Crippen molar-refractivity contribution in [1.29, 1.82) is 0 Å². The van der Waals surface area contributed by atoms with Gasteiger partial charge in [0, 0.05) is 24.6 Å². The molecule has 0 bridgehead atoms. The van der Waals surface area contributed by atoms with Crippen molar-refractivity contribution in [1.82, 2.24) is 5.32 Å². The van der Waals surface area contributed by atoms with Crippen LogP contribution >= 0.6 is 0 Å². The van der Waals surface area contributed by atoms with E-state index in [-0.39, 0.29) is 24.3 Å². The Labute approximate surface area is 143 Å². The number of amides is 2. The summed E-state index contributed by atoms with van der Waals surface area (Å²) in [6.07, 6.45) is 5.52. The van der Waals surface area contributed by atoms with Crippen LogP contribution in [0.15, 0.2) is 24.3 Å². The Morgan fingerprint density at radius 2 is 2.00 bits per heavy atom. The number of carbonyl (C=O) groups is 2. The van der Waals surface area contributed by atoms with Crippen LogP contribution in [0.3, 0.4) is 0 Å². The summed E-state index contributed by atoms with van der Waals surface area (Å²) in [6, 6.07) is 7.14. The number of carbonyl (C=O) groups excluding carboxylic acids is 2. The summed E-state index contributed by atoms with van der Waals surface area (Å²) in [6.45, 7) is 2.05. The van der Waals surface area contributed by atoms with Crippen LogP contribution in [-0.4, -0.2) is 25.0 Å².